The van der Waals surface area contributed by atoms with Crippen LogP contribution in [0.5, 0.6) is 5.75 Å². The number of urea groups is 1. The Hall–Kier alpha value is -2.74. The van der Waals surface area contributed by atoms with Crippen molar-refractivity contribution in [2.75, 3.05) is 19.0 Å². The minimum atomic E-state index is -0.529. The molecule has 0 radical (unpaired) electrons. The van der Waals surface area contributed by atoms with Gasteiger partial charge in [0, 0.05) is 24.4 Å². The first-order chi connectivity index (χ1) is 11.6. The molecule has 124 valence electrons. The molecule has 0 saturated carbocycles. The second-order valence-electron chi connectivity index (χ2n) is 4.83. The van der Waals surface area contributed by atoms with E-state index in [0.29, 0.717) is 22.8 Å². The lowest BCUT2D eigenvalue weighted by atomic mass is 10.1. The number of carbonyl (C=O) groups is 1. The third kappa shape index (κ3) is 3.00. The molecule has 1 aromatic carbocycles. The maximum absolute atomic E-state index is 14.5. The molecule has 0 aliphatic heterocycles. The van der Waals surface area contributed by atoms with Crippen LogP contribution in [-0.2, 0) is 0 Å². The Kier molecular flexibility index (Phi) is 4.57. The maximum atomic E-state index is 14.5. The molecule has 0 aliphatic rings. The van der Waals surface area contributed by atoms with E-state index in [9.17, 15) is 9.18 Å². The summed E-state index contributed by atoms with van der Waals surface area (Å²) < 4.78 is 20.3. The van der Waals surface area contributed by atoms with Crippen LogP contribution < -0.4 is 15.4 Å². The number of thiazole rings is 1. The number of pyridine rings is 1. The Morgan fingerprint density at radius 1 is 1.38 bits per heavy atom. The number of halogens is 1. The molecule has 0 fully saturated rings. The molecule has 0 saturated heterocycles. The van der Waals surface area contributed by atoms with Crippen molar-refractivity contribution in [3.8, 4) is 17.0 Å². The first-order valence-electron chi connectivity index (χ1n) is 7.27. The van der Waals surface area contributed by atoms with Gasteiger partial charge >= 0.3 is 6.03 Å². The van der Waals surface area contributed by atoms with Crippen molar-refractivity contribution in [3.05, 3.63) is 36.3 Å². The van der Waals surface area contributed by atoms with Gasteiger partial charge in [-0.3, -0.25) is 10.3 Å². The summed E-state index contributed by atoms with van der Waals surface area (Å²) in [4.78, 5) is 20.1. The smallest absolute Gasteiger partial charge is 0.321 e. The minimum absolute atomic E-state index is 0.127. The van der Waals surface area contributed by atoms with Gasteiger partial charge in [-0.25, -0.2) is 14.2 Å². The molecular weight excluding hydrogens is 331 g/mol. The fourth-order valence-electron chi connectivity index (χ4n) is 2.26. The standard InChI is InChI=1S/C16H15FN4O2S/c1-3-18-15(22)21-16-20-10-6-4-5-9(14(10)24-16)13-12(17)11(23-2)7-8-19-13/h4-8H,3H2,1-2H3,(H2,18,20,21,22). The monoisotopic (exact) mass is 346 g/mol. The summed E-state index contributed by atoms with van der Waals surface area (Å²) in [5.74, 6) is -0.402. The number of benzene rings is 1. The van der Waals surface area contributed by atoms with Crippen molar-refractivity contribution in [2.45, 2.75) is 6.92 Å². The van der Waals surface area contributed by atoms with Crippen LogP contribution in [0.4, 0.5) is 14.3 Å². The number of amides is 2. The van der Waals surface area contributed by atoms with Gasteiger partial charge in [0.2, 0.25) is 0 Å². The van der Waals surface area contributed by atoms with E-state index in [1.54, 1.807) is 18.2 Å². The zero-order chi connectivity index (χ0) is 17.1. The molecule has 2 heterocycles. The number of carbonyl (C=O) groups excluding carboxylic acids is 1. The Labute approximate surface area is 141 Å². The third-order valence-electron chi connectivity index (χ3n) is 3.30. The summed E-state index contributed by atoms with van der Waals surface area (Å²) in [6.07, 6.45) is 1.49. The van der Waals surface area contributed by atoms with Gasteiger partial charge in [0.25, 0.3) is 0 Å². The Morgan fingerprint density at radius 2 is 2.21 bits per heavy atom. The summed E-state index contributed by atoms with van der Waals surface area (Å²) in [6.45, 7) is 2.34. The van der Waals surface area contributed by atoms with Crippen LogP contribution in [0.1, 0.15) is 6.92 Å². The average Bonchev–Trinajstić information content (AvgIpc) is 2.97. The van der Waals surface area contributed by atoms with E-state index in [2.05, 4.69) is 20.6 Å². The van der Waals surface area contributed by atoms with Crippen molar-refractivity contribution in [1.82, 2.24) is 15.3 Å². The number of methoxy groups -OCH3 is 1. The molecule has 2 N–H and O–H groups in total. The highest BCUT2D eigenvalue weighted by Crippen LogP contribution is 2.36. The first kappa shape index (κ1) is 16.1. The Morgan fingerprint density at radius 3 is 2.96 bits per heavy atom. The molecule has 2 aromatic heterocycles. The Balaban J connectivity index is 2.06. The number of hydrogen-bond acceptors (Lipinski definition) is 5. The highest BCUT2D eigenvalue weighted by molar-refractivity contribution is 7.22. The van der Waals surface area contributed by atoms with Crippen molar-refractivity contribution >= 4 is 32.7 Å². The summed E-state index contributed by atoms with van der Waals surface area (Å²) in [6, 6.07) is 6.47. The quantitative estimate of drug-likeness (QED) is 0.756. The van der Waals surface area contributed by atoms with Gasteiger partial charge in [0.1, 0.15) is 5.69 Å². The molecule has 0 atom stereocenters. The van der Waals surface area contributed by atoms with E-state index in [-0.39, 0.29) is 17.5 Å². The summed E-state index contributed by atoms with van der Waals surface area (Å²) >= 11 is 1.26. The fourth-order valence-corrected chi connectivity index (χ4v) is 3.24. The molecule has 24 heavy (non-hydrogen) atoms. The first-order valence-corrected chi connectivity index (χ1v) is 8.09. The van der Waals surface area contributed by atoms with E-state index in [4.69, 9.17) is 4.74 Å². The van der Waals surface area contributed by atoms with Gasteiger partial charge in [0.05, 0.1) is 17.3 Å². The van der Waals surface area contributed by atoms with E-state index >= 15 is 0 Å². The molecule has 0 bridgehead atoms. The lowest BCUT2D eigenvalue weighted by Crippen LogP contribution is -2.28. The van der Waals surface area contributed by atoms with E-state index in [1.807, 2.05) is 6.92 Å². The van der Waals surface area contributed by atoms with Crippen LogP contribution >= 0.6 is 11.3 Å². The predicted octanol–water partition coefficient (Wildman–Crippen LogP) is 3.65. The van der Waals surface area contributed by atoms with Crippen molar-refractivity contribution in [2.24, 2.45) is 0 Å². The van der Waals surface area contributed by atoms with Gasteiger partial charge in [-0.05, 0) is 13.0 Å². The number of fused-ring (bicyclic) bond motifs is 1. The summed E-state index contributed by atoms with van der Waals surface area (Å²) in [5, 5.41) is 5.74. The Bertz CT molecular complexity index is 897. The molecule has 3 aromatic rings. The van der Waals surface area contributed by atoms with Crippen LogP contribution in [0.25, 0.3) is 21.5 Å². The van der Waals surface area contributed by atoms with Gasteiger partial charge < -0.3 is 10.1 Å². The van der Waals surface area contributed by atoms with Gasteiger partial charge in [-0.1, -0.05) is 23.5 Å². The lowest BCUT2D eigenvalue weighted by molar-refractivity contribution is 0.252. The normalized spacial score (nSPS) is 10.6. The number of rotatable bonds is 4. The van der Waals surface area contributed by atoms with Gasteiger partial charge in [0.15, 0.2) is 16.7 Å². The van der Waals surface area contributed by atoms with Gasteiger partial charge in [-0.15, -0.1) is 0 Å². The second kappa shape index (κ2) is 6.79. The summed E-state index contributed by atoms with van der Waals surface area (Å²) in [5.41, 5.74) is 1.45. The van der Waals surface area contributed by atoms with Crippen LogP contribution in [0.15, 0.2) is 30.5 Å². The third-order valence-corrected chi connectivity index (χ3v) is 4.32. The fraction of sp³-hybridized carbons (Fsp3) is 0.188. The molecular formula is C16H15FN4O2S. The molecule has 0 spiro atoms. The number of anilines is 1. The predicted molar refractivity (Wildman–Crippen MR) is 92.1 cm³/mol. The largest absolute Gasteiger partial charge is 0.494 e. The average molecular weight is 346 g/mol. The molecule has 8 heteroatoms. The van der Waals surface area contributed by atoms with E-state index in [0.717, 1.165) is 4.70 Å². The van der Waals surface area contributed by atoms with Gasteiger partial charge in [-0.2, -0.15) is 0 Å². The highest BCUT2D eigenvalue weighted by atomic mass is 32.1. The molecule has 2 amide bonds. The zero-order valence-electron chi connectivity index (χ0n) is 13.1. The lowest BCUT2D eigenvalue weighted by Gasteiger charge is -2.07. The van der Waals surface area contributed by atoms with Crippen molar-refractivity contribution < 1.29 is 13.9 Å². The highest BCUT2D eigenvalue weighted by Gasteiger charge is 2.17. The molecule has 6 nitrogen and oxygen atoms in total. The molecule has 0 unspecified atom stereocenters. The minimum Gasteiger partial charge on any atom is -0.494 e. The van der Waals surface area contributed by atoms with Crippen LogP contribution in [0, 0.1) is 5.82 Å². The zero-order valence-corrected chi connectivity index (χ0v) is 13.9. The van der Waals surface area contributed by atoms with Crippen LogP contribution in [-0.4, -0.2) is 29.7 Å². The van der Waals surface area contributed by atoms with E-state index < -0.39 is 5.82 Å². The number of nitrogens with one attached hydrogen (secondary N) is 2. The van der Waals surface area contributed by atoms with Crippen molar-refractivity contribution in [3.63, 3.8) is 0 Å². The number of nitrogens with zero attached hydrogens (tertiary/aromatic N) is 2. The van der Waals surface area contributed by atoms with Crippen LogP contribution in [0.3, 0.4) is 0 Å². The summed E-state index contributed by atoms with van der Waals surface area (Å²) in [7, 11) is 1.41. The van der Waals surface area contributed by atoms with E-state index in [1.165, 1.54) is 30.7 Å². The van der Waals surface area contributed by atoms with Crippen molar-refractivity contribution in [1.29, 1.82) is 0 Å². The second-order valence-corrected chi connectivity index (χ2v) is 5.83. The number of hydrogen-bond donors (Lipinski definition) is 2. The molecule has 3 rings (SSSR count). The SMILES string of the molecule is CCNC(=O)Nc1nc2cccc(-c3nccc(OC)c3F)c2s1. The number of aromatic nitrogens is 2. The molecule has 0 aliphatic carbocycles. The number of ether oxygens (including phenoxy) is 1. The maximum Gasteiger partial charge on any atom is 0.321 e. The topological polar surface area (TPSA) is 76.1 Å². The van der Waals surface area contributed by atoms with Crippen LogP contribution in [0.2, 0.25) is 0 Å².